The maximum atomic E-state index is 11.5. The van der Waals surface area contributed by atoms with Crippen LogP contribution in [-0.2, 0) is 9.59 Å². The lowest BCUT2D eigenvalue weighted by Gasteiger charge is -2.25. The lowest BCUT2D eigenvalue weighted by Crippen LogP contribution is -2.58. The second kappa shape index (κ2) is 2.91. The summed E-state index contributed by atoms with van der Waals surface area (Å²) in [5, 5.41) is 11.0. The Hall–Kier alpha value is -1.69. The summed E-state index contributed by atoms with van der Waals surface area (Å²) in [6.45, 7) is 4.64. The van der Waals surface area contributed by atoms with Crippen LogP contribution in [0.3, 0.4) is 0 Å². The topological polar surface area (TPSA) is 83.5 Å². The number of carboxylic acids is 1. The monoisotopic (exact) mass is 199 g/mol. The summed E-state index contributed by atoms with van der Waals surface area (Å²) in [6, 6.07) is -1.78. The number of likely N-dealkylation sites (N-methyl/N-ethyl adjacent to an activating group) is 1. The predicted molar refractivity (Wildman–Crippen MR) is 46.0 cm³/mol. The Bertz CT molecular complexity index is 349. The Morgan fingerprint density at radius 3 is 2.36 bits per heavy atom. The average molecular weight is 199 g/mol. The summed E-state index contributed by atoms with van der Waals surface area (Å²) >= 11 is 0. The van der Waals surface area contributed by atoms with Crippen molar-refractivity contribution in [2.75, 3.05) is 7.05 Å². The first-order chi connectivity index (χ1) is 6.31. The fraction of sp³-hybridized carbons (Fsp3) is 0.375. The summed E-state index contributed by atoms with van der Waals surface area (Å²) in [4.78, 5) is 33.6. The summed E-state index contributed by atoms with van der Waals surface area (Å²) in [5.74, 6) is -1.81. The minimum absolute atomic E-state index is 0.0643. The molecule has 1 aliphatic heterocycles. The van der Waals surface area contributed by atoms with Gasteiger partial charge in [-0.1, -0.05) is 6.58 Å². The molecule has 1 fully saturated rings. The van der Waals surface area contributed by atoms with E-state index in [0.717, 1.165) is 0 Å². The minimum Gasteiger partial charge on any atom is -0.477 e. The first-order valence-corrected chi connectivity index (χ1v) is 3.96. The maximum absolute atomic E-state index is 11.5. The molecule has 14 heavy (non-hydrogen) atoms. The molecule has 0 radical (unpaired) electrons. The van der Waals surface area contributed by atoms with Crippen LogP contribution in [0.1, 0.15) is 6.92 Å². The molecule has 0 aromatic heterocycles. The number of urea groups is 1. The van der Waals surface area contributed by atoms with Gasteiger partial charge in [-0.2, -0.15) is 4.48 Å². The van der Waals surface area contributed by atoms with Gasteiger partial charge in [0, 0.05) is 6.92 Å². The minimum atomic E-state index is -1.20. The maximum Gasteiger partial charge on any atom is 0.429 e. The molecule has 1 aliphatic rings. The van der Waals surface area contributed by atoms with Crippen LogP contribution in [0, 0.1) is 0 Å². The largest absolute Gasteiger partial charge is 0.477 e. The second-order valence-corrected chi connectivity index (χ2v) is 3.30. The van der Waals surface area contributed by atoms with Crippen molar-refractivity contribution in [1.82, 2.24) is 5.32 Å². The number of carbonyl (C=O) groups excluding carboxylic acids is 2. The van der Waals surface area contributed by atoms with Gasteiger partial charge in [-0.05, 0) is 0 Å². The lowest BCUT2D eigenvalue weighted by molar-refractivity contribution is -0.761. The van der Waals surface area contributed by atoms with Gasteiger partial charge >= 0.3 is 17.9 Å². The number of carboxylic acid groups (broad SMARTS) is 1. The summed E-state index contributed by atoms with van der Waals surface area (Å²) in [5.41, 5.74) is -0.0643. The molecule has 76 valence electrons. The van der Waals surface area contributed by atoms with Gasteiger partial charge in [-0.3, -0.25) is 5.32 Å². The fourth-order valence-corrected chi connectivity index (χ4v) is 1.24. The molecular formula is C8H11N2O4+. The van der Waals surface area contributed by atoms with Crippen LogP contribution < -0.4 is 5.32 Å². The zero-order chi connectivity index (χ0) is 11.1. The average Bonchev–Trinajstić information content (AvgIpc) is 2.30. The van der Waals surface area contributed by atoms with Crippen molar-refractivity contribution in [3.63, 3.8) is 0 Å². The van der Waals surface area contributed by atoms with Crippen LogP contribution in [-0.4, -0.2) is 40.6 Å². The van der Waals surface area contributed by atoms with Crippen molar-refractivity contribution in [3.8, 4) is 0 Å². The Balaban J connectivity index is 3.16. The molecule has 0 spiro atoms. The molecule has 0 aromatic carbocycles. The van der Waals surface area contributed by atoms with E-state index in [1.54, 1.807) is 0 Å². The molecule has 6 nitrogen and oxygen atoms in total. The normalized spacial score (nSPS) is 28.9. The molecule has 2 unspecified atom stereocenters. The number of hydrogen-bond donors (Lipinski definition) is 2. The van der Waals surface area contributed by atoms with E-state index in [-0.39, 0.29) is 5.70 Å². The number of rotatable bonds is 2. The van der Waals surface area contributed by atoms with E-state index in [1.807, 2.05) is 0 Å². The number of quaternary nitrogens is 1. The summed E-state index contributed by atoms with van der Waals surface area (Å²) in [7, 11) is 1.26. The fourth-order valence-electron chi connectivity index (χ4n) is 1.24. The molecule has 2 N–H and O–H groups in total. The Morgan fingerprint density at radius 2 is 2.07 bits per heavy atom. The first-order valence-electron chi connectivity index (χ1n) is 3.96. The SMILES string of the molecule is C=C1NC(=O)[N+](C)(C(C)C(=O)O)C1=O. The number of aliphatic carboxylic acids is 1. The van der Waals surface area contributed by atoms with Crippen LogP contribution in [0.2, 0.25) is 0 Å². The molecule has 0 aliphatic carbocycles. The quantitative estimate of drug-likeness (QED) is 0.362. The highest BCUT2D eigenvalue weighted by atomic mass is 16.4. The number of hydrogen-bond acceptors (Lipinski definition) is 3. The van der Waals surface area contributed by atoms with E-state index in [0.29, 0.717) is 0 Å². The van der Waals surface area contributed by atoms with Crippen LogP contribution >= 0.6 is 0 Å². The third kappa shape index (κ3) is 1.12. The zero-order valence-electron chi connectivity index (χ0n) is 7.90. The van der Waals surface area contributed by atoms with E-state index in [9.17, 15) is 14.4 Å². The molecule has 0 saturated carbocycles. The van der Waals surface area contributed by atoms with E-state index in [2.05, 4.69) is 11.9 Å². The summed E-state index contributed by atoms with van der Waals surface area (Å²) in [6.07, 6.45) is 0. The highest BCUT2D eigenvalue weighted by Gasteiger charge is 2.55. The number of imide groups is 1. The van der Waals surface area contributed by atoms with Gasteiger partial charge in [0.15, 0.2) is 6.04 Å². The number of nitrogens with zero attached hydrogens (tertiary/aromatic N) is 1. The van der Waals surface area contributed by atoms with E-state index < -0.39 is 28.4 Å². The van der Waals surface area contributed by atoms with Crippen LogP contribution in [0.4, 0.5) is 4.79 Å². The Kier molecular flexibility index (Phi) is 2.16. The number of nitrogens with one attached hydrogen (secondary N) is 1. The smallest absolute Gasteiger partial charge is 0.429 e. The van der Waals surface area contributed by atoms with Gasteiger partial charge in [-0.15, -0.1) is 0 Å². The van der Waals surface area contributed by atoms with E-state index in [4.69, 9.17) is 5.11 Å². The third-order valence-corrected chi connectivity index (χ3v) is 2.49. The van der Waals surface area contributed by atoms with Gasteiger partial charge in [0.25, 0.3) is 0 Å². The predicted octanol–water partition coefficient (Wildman–Crippen LogP) is -0.330. The van der Waals surface area contributed by atoms with Crippen molar-refractivity contribution in [2.24, 2.45) is 0 Å². The van der Waals surface area contributed by atoms with Crippen molar-refractivity contribution in [1.29, 1.82) is 0 Å². The molecular weight excluding hydrogens is 188 g/mol. The standard InChI is InChI=1S/C8H10N2O4/c1-4-6(11)10(3,8(14)9-4)5(2)7(12)13/h5H,1H2,2-3H3,(H-,9,12,13,14)/p+1. The van der Waals surface area contributed by atoms with Gasteiger partial charge in [0.1, 0.15) is 5.70 Å². The van der Waals surface area contributed by atoms with Gasteiger partial charge in [-0.25, -0.2) is 14.4 Å². The van der Waals surface area contributed by atoms with Gasteiger partial charge in [0.05, 0.1) is 7.05 Å². The number of carbonyl (C=O) groups is 3. The molecule has 1 heterocycles. The molecule has 6 heteroatoms. The molecule has 0 bridgehead atoms. The Labute approximate surface area is 80.4 Å². The van der Waals surface area contributed by atoms with Crippen molar-refractivity contribution < 1.29 is 24.0 Å². The van der Waals surface area contributed by atoms with Crippen LogP contribution in [0.25, 0.3) is 0 Å². The van der Waals surface area contributed by atoms with Crippen molar-refractivity contribution in [3.05, 3.63) is 12.3 Å². The van der Waals surface area contributed by atoms with E-state index >= 15 is 0 Å². The highest BCUT2D eigenvalue weighted by molar-refractivity contribution is 6.04. The van der Waals surface area contributed by atoms with Gasteiger partial charge < -0.3 is 5.11 Å². The number of amides is 3. The lowest BCUT2D eigenvalue weighted by atomic mass is 10.2. The second-order valence-electron chi connectivity index (χ2n) is 3.30. The molecule has 1 saturated heterocycles. The zero-order valence-corrected chi connectivity index (χ0v) is 7.90. The molecule has 3 amide bonds. The molecule has 1 rings (SSSR count). The van der Waals surface area contributed by atoms with Crippen LogP contribution in [0.5, 0.6) is 0 Å². The Morgan fingerprint density at radius 1 is 1.57 bits per heavy atom. The third-order valence-electron chi connectivity index (χ3n) is 2.49. The summed E-state index contributed by atoms with van der Waals surface area (Å²) < 4.78 is -0.811. The van der Waals surface area contributed by atoms with Crippen molar-refractivity contribution >= 4 is 17.9 Å². The van der Waals surface area contributed by atoms with Crippen molar-refractivity contribution in [2.45, 2.75) is 13.0 Å². The first kappa shape index (κ1) is 10.4. The van der Waals surface area contributed by atoms with E-state index in [1.165, 1.54) is 14.0 Å². The molecule has 0 aromatic rings. The molecule has 2 atom stereocenters. The highest BCUT2D eigenvalue weighted by Crippen LogP contribution is 2.21. The van der Waals surface area contributed by atoms with Crippen LogP contribution in [0.15, 0.2) is 12.3 Å². The van der Waals surface area contributed by atoms with Gasteiger partial charge in [0.2, 0.25) is 0 Å².